The summed E-state index contributed by atoms with van der Waals surface area (Å²) in [7, 11) is 1.72. The molecule has 30 heavy (non-hydrogen) atoms. The molecule has 0 aliphatic carbocycles. The van der Waals surface area contributed by atoms with Crippen LogP contribution in [0, 0.1) is 6.92 Å². The average Bonchev–Trinajstić information content (AvgIpc) is 3.35. The van der Waals surface area contributed by atoms with Crippen molar-refractivity contribution in [3.8, 4) is 0 Å². The normalized spacial score (nSPS) is 18.6. The van der Waals surface area contributed by atoms with Gasteiger partial charge in [0.1, 0.15) is 11.8 Å². The van der Waals surface area contributed by atoms with Gasteiger partial charge in [-0.3, -0.25) is 4.98 Å². The van der Waals surface area contributed by atoms with Gasteiger partial charge in [0.25, 0.3) is 0 Å². The minimum absolute atomic E-state index is 0.0587. The van der Waals surface area contributed by atoms with Crippen LogP contribution in [0.4, 0.5) is 0 Å². The second kappa shape index (κ2) is 9.64. The highest BCUT2D eigenvalue weighted by molar-refractivity contribution is 7.99. The molecule has 7 heteroatoms. The van der Waals surface area contributed by atoms with Crippen molar-refractivity contribution in [2.45, 2.75) is 35.4 Å². The predicted molar refractivity (Wildman–Crippen MR) is 123 cm³/mol. The summed E-state index contributed by atoms with van der Waals surface area (Å²) < 4.78 is 11.5. The van der Waals surface area contributed by atoms with Crippen LogP contribution in [-0.4, -0.2) is 35.3 Å². The number of aryl methyl sites for hydroxylation is 1. The summed E-state index contributed by atoms with van der Waals surface area (Å²) in [5.74, 6) is 0.880. The van der Waals surface area contributed by atoms with Crippen LogP contribution in [0.2, 0.25) is 0 Å². The summed E-state index contributed by atoms with van der Waals surface area (Å²) in [6, 6.07) is 18.4. The molecule has 1 aromatic carbocycles. The molecule has 1 saturated heterocycles. The molecule has 156 valence electrons. The van der Waals surface area contributed by atoms with Gasteiger partial charge < -0.3 is 19.4 Å². The summed E-state index contributed by atoms with van der Waals surface area (Å²) in [4.78, 5) is 7.90. The van der Waals surface area contributed by atoms with Gasteiger partial charge in [-0.2, -0.15) is 0 Å². The maximum Gasteiger partial charge on any atom is 0.170 e. The molecule has 0 saturated carbocycles. The zero-order chi connectivity index (χ0) is 20.9. The third kappa shape index (κ3) is 4.69. The predicted octanol–water partition coefficient (Wildman–Crippen LogP) is 5.14. The first-order valence-electron chi connectivity index (χ1n) is 9.97. The number of hydrogen-bond acceptors (Lipinski definition) is 5. The van der Waals surface area contributed by atoms with E-state index in [4.69, 9.17) is 21.4 Å². The highest BCUT2D eigenvalue weighted by atomic mass is 32.2. The molecule has 0 spiro atoms. The Morgan fingerprint density at radius 1 is 1.17 bits per heavy atom. The number of aromatic nitrogens is 1. The fourth-order valence-corrected chi connectivity index (χ4v) is 4.72. The van der Waals surface area contributed by atoms with E-state index in [0.29, 0.717) is 6.61 Å². The van der Waals surface area contributed by atoms with Crippen molar-refractivity contribution in [3.63, 3.8) is 0 Å². The molecular weight excluding hydrogens is 414 g/mol. The van der Waals surface area contributed by atoms with E-state index < -0.39 is 0 Å². The Bertz CT molecular complexity index is 976. The largest absolute Gasteiger partial charge is 0.452 e. The Kier molecular flexibility index (Phi) is 6.72. The van der Waals surface area contributed by atoms with Crippen LogP contribution in [0.25, 0.3) is 0 Å². The Labute approximate surface area is 186 Å². The number of nitrogens with one attached hydrogen (secondary N) is 1. The summed E-state index contributed by atoms with van der Waals surface area (Å²) in [6.07, 6.45) is 2.70. The zero-order valence-electron chi connectivity index (χ0n) is 17.1. The molecule has 3 aromatic rings. The summed E-state index contributed by atoms with van der Waals surface area (Å²) in [6.45, 7) is 3.56. The number of hydrogen-bond donors (Lipinski definition) is 1. The van der Waals surface area contributed by atoms with Crippen LogP contribution in [0.3, 0.4) is 0 Å². The molecule has 4 rings (SSSR count). The van der Waals surface area contributed by atoms with Crippen molar-refractivity contribution < 1.29 is 9.15 Å². The number of benzene rings is 1. The third-order valence-electron chi connectivity index (χ3n) is 5.08. The van der Waals surface area contributed by atoms with Crippen molar-refractivity contribution in [2.24, 2.45) is 0 Å². The Morgan fingerprint density at radius 3 is 2.73 bits per heavy atom. The minimum Gasteiger partial charge on any atom is -0.452 e. The Morgan fingerprint density at radius 2 is 2.00 bits per heavy atom. The molecule has 1 aliphatic heterocycles. The molecule has 2 aromatic heterocycles. The van der Waals surface area contributed by atoms with E-state index in [9.17, 15) is 0 Å². The van der Waals surface area contributed by atoms with Crippen LogP contribution < -0.4 is 5.32 Å². The molecular formula is C23H25N3O2S2. The number of methoxy groups -OCH3 is 1. The van der Waals surface area contributed by atoms with E-state index in [1.807, 2.05) is 30.5 Å². The molecule has 1 fully saturated rings. The number of thiocarbonyl (C=S) groups is 1. The van der Waals surface area contributed by atoms with Crippen molar-refractivity contribution in [1.82, 2.24) is 15.2 Å². The van der Waals surface area contributed by atoms with Crippen molar-refractivity contribution in [2.75, 3.05) is 20.3 Å². The van der Waals surface area contributed by atoms with Gasteiger partial charge in [0, 0.05) is 31.4 Å². The Hall–Kier alpha value is -2.35. The van der Waals surface area contributed by atoms with E-state index in [0.717, 1.165) is 39.5 Å². The van der Waals surface area contributed by atoms with E-state index in [2.05, 4.69) is 52.5 Å². The molecule has 1 N–H and O–H groups in total. The molecule has 1 aliphatic rings. The molecule has 2 atom stereocenters. The maximum atomic E-state index is 6.30. The number of rotatable bonds is 8. The minimum atomic E-state index is -0.0652. The molecule has 0 unspecified atom stereocenters. The van der Waals surface area contributed by atoms with E-state index >= 15 is 0 Å². The van der Waals surface area contributed by atoms with E-state index in [1.54, 1.807) is 18.9 Å². The van der Waals surface area contributed by atoms with Gasteiger partial charge in [-0.05, 0) is 62.0 Å². The molecule has 0 radical (unpaired) electrons. The van der Waals surface area contributed by atoms with Gasteiger partial charge in [-0.15, -0.1) is 0 Å². The van der Waals surface area contributed by atoms with Crippen molar-refractivity contribution in [3.05, 3.63) is 77.8 Å². The SMILES string of the molecule is COCCCN1C(=S)N[C@H](c2ccccn2)[C@H]1c1ccc(Sc2ccc(C)cc2)o1. The fourth-order valence-electron chi connectivity index (χ4n) is 3.61. The second-order valence-electron chi connectivity index (χ2n) is 7.24. The van der Waals surface area contributed by atoms with E-state index in [-0.39, 0.29) is 12.1 Å². The van der Waals surface area contributed by atoms with Crippen LogP contribution in [-0.2, 0) is 4.74 Å². The molecule has 3 heterocycles. The quantitative estimate of drug-likeness (QED) is 0.385. The maximum absolute atomic E-state index is 6.30. The van der Waals surface area contributed by atoms with E-state index in [1.165, 1.54) is 5.56 Å². The van der Waals surface area contributed by atoms with Gasteiger partial charge >= 0.3 is 0 Å². The topological polar surface area (TPSA) is 50.5 Å². The lowest BCUT2D eigenvalue weighted by molar-refractivity contribution is 0.176. The van der Waals surface area contributed by atoms with Crippen LogP contribution in [0.15, 0.2) is 75.2 Å². The average molecular weight is 440 g/mol. The van der Waals surface area contributed by atoms with Crippen LogP contribution in [0.5, 0.6) is 0 Å². The number of ether oxygens (including phenoxy) is 1. The number of nitrogens with zero attached hydrogens (tertiary/aromatic N) is 2. The standard InChI is InChI=1S/C23H25N3O2S2/c1-16-7-9-17(10-8-16)30-20-12-11-19(28-20)22-21(18-6-3-4-13-24-18)25-23(29)26(22)14-5-15-27-2/h3-4,6-13,21-22H,5,14-15H2,1-2H3,(H,25,29)/t21-,22-/m1/s1. The fraction of sp³-hybridized carbons (Fsp3) is 0.304. The first-order valence-corrected chi connectivity index (χ1v) is 11.2. The van der Waals surface area contributed by atoms with Gasteiger partial charge in [-0.1, -0.05) is 35.5 Å². The van der Waals surface area contributed by atoms with Crippen molar-refractivity contribution >= 4 is 29.1 Å². The molecule has 0 amide bonds. The lowest BCUT2D eigenvalue weighted by Gasteiger charge is -2.25. The van der Waals surface area contributed by atoms with Crippen LogP contribution in [0.1, 0.15) is 35.5 Å². The van der Waals surface area contributed by atoms with Gasteiger partial charge in [-0.25, -0.2) is 0 Å². The first-order chi connectivity index (χ1) is 14.7. The van der Waals surface area contributed by atoms with Gasteiger partial charge in [0.2, 0.25) is 0 Å². The monoisotopic (exact) mass is 439 g/mol. The zero-order valence-corrected chi connectivity index (χ0v) is 18.7. The number of pyridine rings is 1. The van der Waals surface area contributed by atoms with Crippen molar-refractivity contribution in [1.29, 1.82) is 0 Å². The molecule has 0 bridgehead atoms. The van der Waals surface area contributed by atoms with Crippen LogP contribution >= 0.6 is 24.0 Å². The summed E-state index contributed by atoms with van der Waals surface area (Å²) in [5, 5.41) is 5.03. The summed E-state index contributed by atoms with van der Waals surface area (Å²) in [5.41, 5.74) is 2.19. The smallest absolute Gasteiger partial charge is 0.170 e. The van der Waals surface area contributed by atoms with Gasteiger partial charge in [0.05, 0.1) is 11.7 Å². The number of furan rings is 1. The first kappa shape index (κ1) is 20.9. The summed E-state index contributed by atoms with van der Waals surface area (Å²) >= 11 is 7.29. The van der Waals surface area contributed by atoms with Gasteiger partial charge in [0.15, 0.2) is 10.2 Å². The highest BCUT2D eigenvalue weighted by Crippen LogP contribution is 2.41. The lowest BCUT2D eigenvalue weighted by atomic mass is 10.0. The third-order valence-corrected chi connectivity index (χ3v) is 6.36. The Balaban J connectivity index is 1.60. The lowest BCUT2D eigenvalue weighted by Crippen LogP contribution is -2.31. The highest BCUT2D eigenvalue weighted by Gasteiger charge is 2.41. The molecule has 5 nitrogen and oxygen atoms in total. The second-order valence-corrected chi connectivity index (χ2v) is 8.70.